The van der Waals surface area contributed by atoms with Gasteiger partial charge in [0.25, 0.3) is 0 Å². The molecule has 0 bridgehead atoms. The lowest BCUT2D eigenvalue weighted by Gasteiger charge is -2.07. The monoisotopic (exact) mass is 571 g/mol. The maximum atomic E-state index is 11.3. The Morgan fingerprint density at radius 2 is 1.82 bits per heavy atom. The molecule has 2 fully saturated rings. The molecule has 7 rings (SSSR count). The summed E-state index contributed by atoms with van der Waals surface area (Å²) in [7, 11) is 0. The number of hydrogen-bond donors (Lipinski definition) is 3. The molecule has 3 N–H and O–H groups in total. The number of rotatable bonds is 5. The average Bonchev–Trinajstić information content (AvgIpc) is 3.76. The number of aromatic nitrogens is 7. The zero-order valence-electron chi connectivity index (χ0n) is 19.5. The summed E-state index contributed by atoms with van der Waals surface area (Å²) in [6.07, 6.45) is 9.93. The first-order valence-electron chi connectivity index (χ1n) is 11.7. The first-order valence-corrected chi connectivity index (χ1v) is 13.2. The molecular weight excluding hydrogens is 553 g/mol. The van der Waals surface area contributed by atoms with Gasteiger partial charge >= 0.3 is 4.87 Å². The van der Waals surface area contributed by atoms with Gasteiger partial charge in [0.1, 0.15) is 16.1 Å². The van der Waals surface area contributed by atoms with Crippen LogP contribution in [0.15, 0.2) is 34.3 Å². The number of nitrogens with one attached hydrogen (secondary N) is 2. The van der Waals surface area contributed by atoms with Crippen LogP contribution in [0.2, 0.25) is 10.3 Å². The molecule has 5 aromatic heterocycles. The van der Waals surface area contributed by atoms with Gasteiger partial charge in [-0.2, -0.15) is 19.2 Å². The number of fused-ring (bicyclic) bond motifs is 2. The minimum absolute atomic E-state index is 0.167. The quantitative estimate of drug-likeness (QED) is 0.214. The van der Waals surface area contributed by atoms with Crippen molar-refractivity contribution in [2.45, 2.75) is 37.8 Å². The molecule has 5 heterocycles. The fourth-order valence-electron chi connectivity index (χ4n) is 3.66. The molecule has 2 aliphatic rings. The third kappa shape index (κ3) is 5.12. The highest BCUT2D eigenvalue weighted by Gasteiger charge is 2.23. The van der Waals surface area contributed by atoms with Gasteiger partial charge in [0.05, 0.1) is 28.9 Å². The molecule has 0 radical (unpaired) electrons. The second-order valence-electron chi connectivity index (χ2n) is 8.84. The second-order valence-corrected chi connectivity index (χ2v) is 10.6. The Morgan fingerprint density at radius 1 is 1.08 bits per heavy atom. The van der Waals surface area contributed by atoms with Crippen molar-refractivity contribution in [1.82, 2.24) is 34.2 Å². The van der Waals surface area contributed by atoms with E-state index in [1.165, 1.54) is 6.20 Å². The predicted octanol–water partition coefficient (Wildman–Crippen LogP) is 2.22. The molecule has 0 aromatic carbocycles. The Balaban J connectivity index is 0.000000146. The molecule has 38 heavy (non-hydrogen) atoms. The third-order valence-corrected chi connectivity index (χ3v) is 6.98. The van der Waals surface area contributed by atoms with E-state index in [9.17, 15) is 14.7 Å². The zero-order chi connectivity index (χ0) is 26.4. The second kappa shape index (κ2) is 9.82. The molecule has 15 heteroatoms. The summed E-state index contributed by atoms with van der Waals surface area (Å²) in [5.74, 6) is 0.616. The maximum absolute atomic E-state index is 11.3. The van der Waals surface area contributed by atoms with Gasteiger partial charge in [-0.15, -0.1) is 0 Å². The van der Waals surface area contributed by atoms with Crippen LogP contribution in [0.25, 0.3) is 17.4 Å². The molecule has 5 aromatic rings. The van der Waals surface area contributed by atoms with Crippen LogP contribution in [0.5, 0.6) is 5.88 Å². The van der Waals surface area contributed by atoms with E-state index in [-0.39, 0.29) is 10.8 Å². The highest BCUT2D eigenvalue weighted by molar-refractivity contribution is 7.10. The average molecular weight is 572 g/mol. The molecule has 194 valence electrons. The van der Waals surface area contributed by atoms with E-state index in [4.69, 9.17) is 23.2 Å². The highest BCUT2D eigenvalue weighted by atomic mass is 35.5. The van der Waals surface area contributed by atoms with Crippen LogP contribution >= 0.6 is 34.5 Å². The zero-order valence-corrected chi connectivity index (χ0v) is 21.8. The molecule has 2 aliphatic carbocycles. The van der Waals surface area contributed by atoms with Gasteiger partial charge in [0, 0.05) is 23.4 Å². The fourth-order valence-corrected chi connectivity index (χ4v) is 4.71. The van der Waals surface area contributed by atoms with E-state index in [0.29, 0.717) is 54.8 Å². The van der Waals surface area contributed by atoms with E-state index in [2.05, 4.69) is 35.5 Å². The Morgan fingerprint density at radius 3 is 2.50 bits per heavy atom. The van der Waals surface area contributed by atoms with Crippen LogP contribution in [0.1, 0.15) is 40.9 Å². The molecule has 2 saturated carbocycles. The van der Waals surface area contributed by atoms with E-state index in [0.717, 1.165) is 49.1 Å². The van der Waals surface area contributed by atoms with E-state index >= 15 is 0 Å². The topological polar surface area (TPSA) is 155 Å². The van der Waals surface area contributed by atoms with Crippen molar-refractivity contribution < 1.29 is 9.90 Å². The number of carbonyl (C=O) groups excluding carboxylic acids is 1. The number of hydrogen-bond acceptors (Lipinski definition) is 10. The van der Waals surface area contributed by atoms with Crippen molar-refractivity contribution in [3.05, 3.63) is 65.6 Å². The standard InChI is InChI=1S/C13H10ClN5O2S.C10H9ClN4O/c14-9-4-10(16-7-1-2-7)19-11(17-9)6(5-15-19)3-8-12(20)18-13(21)22-8;11-8-3-9(13-7-1-2-7)15-10(14-8)6(5-16)4-12-15/h3-5,7,20H,1-2H2,(H,18,21);3-5,7,13H,1-2H2. The van der Waals surface area contributed by atoms with E-state index in [1.54, 1.807) is 33.4 Å². The largest absolute Gasteiger partial charge is 0.493 e. The van der Waals surface area contributed by atoms with Crippen molar-refractivity contribution in [2.75, 3.05) is 5.32 Å². The number of aldehydes is 1. The van der Waals surface area contributed by atoms with Crippen molar-refractivity contribution in [3.8, 4) is 5.88 Å². The summed E-state index contributed by atoms with van der Waals surface area (Å²) < 4.78 is 3.22. The van der Waals surface area contributed by atoms with Crippen LogP contribution in [0.3, 0.4) is 0 Å². The van der Waals surface area contributed by atoms with Gasteiger partial charge in [0.2, 0.25) is 5.88 Å². The number of H-pyrrole nitrogens is 1. The van der Waals surface area contributed by atoms with Crippen molar-refractivity contribution in [1.29, 1.82) is 0 Å². The van der Waals surface area contributed by atoms with Gasteiger partial charge in [-0.1, -0.05) is 34.5 Å². The summed E-state index contributed by atoms with van der Waals surface area (Å²) in [6.45, 7) is 0. The molecule has 0 spiro atoms. The van der Waals surface area contributed by atoms with Crippen LogP contribution in [0.4, 0.5) is 5.82 Å². The smallest absolute Gasteiger partial charge is 0.307 e. The van der Waals surface area contributed by atoms with E-state index < -0.39 is 0 Å². The highest BCUT2D eigenvalue weighted by Crippen LogP contribution is 2.26. The Kier molecular flexibility index (Phi) is 6.33. The van der Waals surface area contributed by atoms with Gasteiger partial charge in [0.15, 0.2) is 23.1 Å². The SMILES string of the molecule is O=Cc1cnn2c(NC3CC3)cc(Cl)nc12.O=c1[nH]c(O)c(C=c2cnn3c(=NC4CC4)cc(Cl)nc23)s1. The number of nitrogens with zero attached hydrogens (tertiary/aromatic N) is 7. The first kappa shape index (κ1) is 24.5. The molecule has 0 unspecified atom stereocenters. The summed E-state index contributed by atoms with van der Waals surface area (Å²) in [6, 6.07) is 4.22. The van der Waals surface area contributed by atoms with Gasteiger partial charge in [-0.3, -0.25) is 19.6 Å². The molecule has 0 atom stereocenters. The molecule has 0 saturated heterocycles. The van der Waals surface area contributed by atoms with Crippen LogP contribution in [-0.2, 0) is 0 Å². The van der Waals surface area contributed by atoms with Crippen LogP contribution in [-0.4, -0.2) is 57.7 Å². The number of carbonyl (C=O) groups is 1. The molecule has 0 amide bonds. The van der Waals surface area contributed by atoms with Crippen molar-refractivity contribution in [2.24, 2.45) is 4.99 Å². The number of halogens is 2. The Labute approximate surface area is 227 Å². The predicted molar refractivity (Wildman–Crippen MR) is 142 cm³/mol. The van der Waals surface area contributed by atoms with Gasteiger partial charge < -0.3 is 10.4 Å². The minimum Gasteiger partial charge on any atom is -0.493 e. The number of thiazole rings is 1. The van der Waals surface area contributed by atoms with Crippen LogP contribution in [0, 0.1) is 0 Å². The minimum atomic E-state index is -0.323. The molecule has 12 nitrogen and oxygen atoms in total. The first-order chi connectivity index (χ1) is 18.4. The summed E-state index contributed by atoms with van der Waals surface area (Å²) in [4.78, 5) is 37.4. The van der Waals surface area contributed by atoms with Crippen molar-refractivity contribution in [3.63, 3.8) is 0 Å². The molecule has 0 aliphatic heterocycles. The Hall–Kier alpha value is -3.81. The maximum Gasteiger partial charge on any atom is 0.307 e. The van der Waals surface area contributed by atoms with Crippen molar-refractivity contribution >= 4 is 64.0 Å². The lowest BCUT2D eigenvalue weighted by Crippen LogP contribution is -2.18. The van der Waals surface area contributed by atoms with Crippen LogP contribution < -0.4 is 20.9 Å². The number of aromatic hydroxyl groups is 1. The van der Waals surface area contributed by atoms with Gasteiger partial charge in [-0.05, 0) is 31.8 Å². The Bertz CT molecular complexity index is 1870. The lowest BCUT2D eigenvalue weighted by atomic mass is 10.4. The van der Waals surface area contributed by atoms with E-state index in [1.807, 2.05) is 0 Å². The summed E-state index contributed by atoms with van der Waals surface area (Å²) in [5.41, 5.74) is 2.13. The normalized spacial score (nSPS) is 16.2. The lowest BCUT2D eigenvalue weighted by molar-refractivity contribution is 0.112. The molecular formula is C23H19Cl2N9O3S. The number of anilines is 1. The van der Waals surface area contributed by atoms with Gasteiger partial charge in [-0.25, -0.2) is 9.97 Å². The number of aromatic amines is 1. The summed E-state index contributed by atoms with van der Waals surface area (Å²) >= 11 is 12.9. The third-order valence-electron chi connectivity index (χ3n) is 5.78. The summed E-state index contributed by atoms with van der Waals surface area (Å²) in [5, 5.41) is 22.7. The fraction of sp³-hybridized carbons (Fsp3) is 0.261.